The topological polar surface area (TPSA) is 104 Å². The van der Waals surface area contributed by atoms with E-state index in [0.29, 0.717) is 22.5 Å². The van der Waals surface area contributed by atoms with Gasteiger partial charge < -0.3 is 21.1 Å². The summed E-state index contributed by atoms with van der Waals surface area (Å²) in [6, 6.07) is 3.42. The zero-order valence-corrected chi connectivity index (χ0v) is 10.4. The van der Waals surface area contributed by atoms with Crippen molar-refractivity contribution >= 4 is 22.3 Å². The summed E-state index contributed by atoms with van der Waals surface area (Å²) < 4.78 is 0. The third-order valence-electron chi connectivity index (χ3n) is 3.60. The quantitative estimate of drug-likeness (QED) is 0.608. The predicted octanol–water partition coefficient (Wildman–Crippen LogP) is 0.688. The Morgan fingerprint density at radius 3 is 3.00 bits per heavy atom. The number of aromatic nitrogens is 2. The van der Waals surface area contributed by atoms with Crippen LogP contribution in [0.4, 0.5) is 11.4 Å². The third kappa shape index (κ3) is 2.26. The summed E-state index contributed by atoms with van der Waals surface area (Å²) in [4.78, 5) is 18.3. The number of nitrogens with one attached hydrogen (secondary N) is 2. The summed E-state index contributed by atoms with van der Waals surface area (Å²) in [5.41, 5.74) is 7.68. The van der Waals surface area contributed by atoms with E-state index in [2.05, 4.69) is 15.3 Å². The number of hydrogen-bond donors (Lipinski definition) is 4. The highest BCUT2D eigenvalue weighted by atomic mass is 16.3. The van der Waals surface area contributed by atoms with E-state index in [1.165, 1.54) is 6.33 Å². The van der Waals surface area contributed by atoms with Crippen molar-refractivity contribution in [1.82, 2.24) is 9.97 Å². The molecule has 3 rings (SSSR count). The fourth-order valence-electron chi connectivity index (χ4n) is 2.41. The number of benzene rings is 1. The number of aliphatic hydroxyl groups is 1. The lowest BCUT2D eigenvalue weighted by molar-refractivity contribution is 0.0487. The Hall–Kier alpha value is -2.08. The molecule has 100 valence electrons. The molecule has 1 fully saturated rings. The van der Waals surface area contributed by atoms with Gasteiger partial charge in [-0.1, -0.05) is 0 Å². The molecule has 19 heavy (non-hydrogen) atoms. The van der Waals surface area contributed by atoms with Crippen molar-refractivity contribution in [2.45, 2.75) is 18.9 Å². The minimum absolute atomic E-state index is 0.152. The second kappa shape index (κ2) is 4.55. The van der Waals surface area contributed by atoms with Crippen LogP contribution >= 0.6 is 0 Å². The zero-order chi connectivity index (χ0) is 13.4. The molecule has 0 atom stereocenters. The smallest absolute Gasteiger partial charge is 0.258 e. The maximum atomic E-state index is 11.6. The number of hydrogen-bond acceptors (Lipinski definition) is 5. The molecule has 5 N–H and O–H groups in total. The Labute approximate surface area is 109 Å². The predicted molar refractivity (Wildman–Crippen MR) is 74.0 cm³/mol. The minimum Gasteiger partial charge on any atom is -0.397 e. The second-order valence-corrected chi connectivity index (χ2v) is 5.06. The van der Waals surface area contributed by atoms with Crippen molar-refractivity contribution in [2.24, 2.45) is 5.92 Å². The van der Waals surface area contributed by atoms with E-state index in [9.17, 15) is 9.90 Å². The Kier molecular flexibility index (Phi) is 2.87. The van der Waals surface area contributed by atoms with Crippen LogP contribution in [-0.4, -0.2) is 27.7 Å². The molecule has 1 saturated carbocycles. The maximum absolute atomic E-state index is 11.6. The zero-order valence-electron chi connectivity index (χ0n) is 10.4. The Bertz CT molecular complexity index is 661. The monoisotopic (exact) mass is 260 g/mol. The van der Waals surface area contributed by atoms with Gasteiger partial charge in [0.25, 0.3) is 5.56 Å². The number of rotatable bonds is 3. The average Bonchev–Trinajstić information content (AvgIpc) is 2.35. The van der Waals surface area contributed by atoms with E-state index in [1.54, 1.807) is 12.1 Å². The molecule has 1 heterocycles. The van der Waals surface area contributed by atoms with Crippen molar-refractivity contribution in [3.63, 3.8) is 0 Å². The van der Waals surface area contributed by atoms with Gasteiger partial charge in [0.2, 0.25) is 0 Å². The number of nitrogens with two attached hydrogens (primary N) is 1. The summed E-state index contributed by atoms with van der Waals surface area (Å²) in [6.07, 6.45) is 2.89. The maximum Gasteiger partial charge on any atom is 0.258 e. The first-order valence-electron chi connectivity index (χ1n) is 6.32. The van der Waals surface area contributed by atoms with Gasteiger partial charge in [0.05, 0.1) is 34.7 Å². The molecule has 2 aromatic rings. The molecule has 0 aliphatic heterocycles. The summed E-state index contributed by atoms with van der Waals surface area (Å²) >= 11 is 0. The number of H-pyrrole nitrogens is 1. The van der Waals surface area contributed by atoms with Crippen LogP contribution in [0.25, 0.3) is 10.9 Å². The van der Waals surface area contributed by atoms with Crippen molar-refractivity contribution in [3.05, 3.63) is 28.8 Å². The molecule has 0 bridgehead atoms. The molecule has 6 nitrogen and oxygen atoms in total. The van der Waals surface area contributed by atoms with Gasteiger partial charge in [0.1, 0.15) is 0 Å². The van der Waals surface area contributed by atoms with E-state index >= 15 is 0 Å². The standard InChI is InChI=1S/C13H16N4O2/c14-10-3-9-11(16-6-17-13(9)19)4-12(10)15-5-7-1-8(18)2-7/h3-4,6-8,15,18H,1-2,5,14H2,(H,16,17,19). The van der Waals surface area contributed by atoms with Gasteiger partial charge in [-0.2, -0.15) is 0 Å². The van der Waals surface area contributed by atoms with E-state index in [4.69, 9.17) is 5.73 Å². The fourth-order valence-corrected chi connectivity index (χ4v) is 2.41. The summed E-state index contributed by atoms with van der Waals surface area (Å²) in [6.45, 7) is 0.774. The lowest BCUT2D eigenvalue weighted by Gasteiger charge is -2.31. The molecule has 0 unspecified atom stereocenters. The first-order chi connectivity index (χ1) is 9.13. The van der Waals surface area contributed by atoms with Crippen molar-refractivity contribution in [3.8, 4) is 0 Å². The summed E-state index contributed by atoms with van der Waals surface area (Å²) in [5, 5.41) is 13.0. The van der Waals surface area contributed by atoms with E-state index in [1.807, 2.05) is 0 Å². The highest BCUT2D eigenvalue weighted by molar-refractivity contribution is 5.88. The van der Waals surface area contributed by atoms with Crippen LogP contribution in [0.5, 0.6) is 0 Å². The van der Waals surface area contributed by atoms with Crippen LogP contribution in [0, 0.1) is 5.92 Å². The van der Waals surface area contributed by atoms with Gasteiger partial charge >= 0.3 is 0 Å². The Balaban J connectivity index is 1.83. The number of aliphatic hydroxyl groups excluding tert-OH is 1. The molecule has 0 spiro atoms. The second-order valence-electron chi connectivity index (χ2n) is 5.06. The number of fused-ring (bicyclic) bond motifs is 1. The first kappa shape index (κ1) is 12.0. The van der Waals surface area contributed by atoms with Gasteiger partial charge in [-0.05, 0) is 30.9 Å². The minimum atomic E-state index is -0.189. The van der Waals surface area contributed by atoms with Gasteiger partial charge in [-0.3, -0.25) is 4.79 Å². The number of aromatic amines is 1. The summed E-state index contributed by atoms with van der Waals surface area (Å²) in [7, 11) is 0. The molecule has 1 aliphatic rings. The Morgan fingerprint density at radius 1 is 1.47 bits per heavy atom. The van der Waals surface area contributed by atoms with Crippen LogP contribution in [-0.2, 0) is 0 Å². The molecule has 0 saturated heterocycles. The fraction of sp³-hybridized carbons (Fsp3) is 0.385. The Morgan fingerprint density at radius 2 is 2.26 bits per heavy atom. The van der Waals surface area contributed by atoms with Crippen molar-refractivity contribution in [2.75, 3.05) is 17.6 Å². The SMILES string of the molecule is Nc1cc2c(=O)[nH]cnc2cc1NCC1CC(O)C1. The van der Waals surface area contributed by atoms with E-state index < -0.39 is 0 Å². The van der Waals surface area contributed by atoms with E-state index in [-0.39, 0.29) is 11.7 Å². The van der Waals surface area contributed by atoms with Gasteiger partial charge in [-0.25, -0.2) is 4.98 Å². The number of nitrogens with zero attached hydrogens (tertiary/aromatic N) is 1. The van der Waals surface area contributed by atoms with Crippen LogP contribution < -0.4 is 16.6 Å². The summed E-state index contributed by atoms with van der Waals surface area (Å²) in [5.74, 6) is 0.484. The highest BCUT2D eigenvalue weighted by Crippen LogP contribution is 2.29. The van der Waals surface area contributed by atoms with Crippen LogP contribution in [0.3, 0.4) is 0 Å². The van der Waals surface area contributed by atoms with Crippen LogP contribution in [0.15, 0.2) is 23.3 Å². The molecular weight excluding hydrogens is 244 g/mol. The normalized spacial score (nSPS) is 22.2. The molecule has 1 aromatic heterocycles. The lowest BCUT2D eigenvalue weighted by atomic mass is 9.82. The molecule has 0 radical (unpaired) electrons. The van der Waals surface area contributed by atoms with Gasteiger partial charge in [-0.15, -0.1) is 0 Å². The number of anilines is 2. The van der Waals surface area contributed by atoms with Crippen molar-refractivity contribution in [1.29, 1.82) is 0 Å². The average molecular weight is 260 g/mol. The van der Waals surface area contributed by atoms with Crippen LogP contribution in [0.1, 0.15) is 12.8 Å². The number of nitrogen functional groups attached to an aromatic ring is 1. The van der Waals surface area contributed by atoms with Crippen LogP contribution in [0.2, 0.25) is 0 Å². The molecule has 1 aromatic carbocycles. The molecule has 0 amide bonds. The third-order valence-corrected chi connectivity index (χ3v) is 3.60. The molecular formula is C13H16N4O2. The molecule has 6 heteroatoms. The van der Waals surface area contributed by atoms with Crippen molar-refractivity contribution < 1.29 is 5.11 Å². The van der Waals surface area contributed by atoms with Gasteiger partial charge in [0.15, 0.2) is 0 Å². The highest BCUT2D eigenvalue weighted by Gasteiger charge is 2.26. The van der Waals surface area contributed by atoms with Gasteiger partial charge in [0, 0.05) is 6.54 Å². The lowest BCUT2D eigenvalue weighted by Crippen LogP contribution is -2.33. The molecule has 1 aliphatic carbocycles. The first-order valence-corrected chi connectivity index (χ1v) is 6.32. The largest absolute Gasteiger partial charge is 0.397 e. The van der Waals surface area contributed by atoms with E-state index in [0.717, 1.165) is 25.1 Å².